The van der Waals surface area contributed by atoms with E-state index in [4.69, 9.17) is 9.84 Å². The normalized spacial score (nSPS) is 13.9. The lowest BCUT2D eigenvalue weighted by Gasteiger charge is -2.14. The number of ether oxygens (including phenoxy) is 1. The molecule has 0 aliphatic carbocycles. The number of allylic oxidation sites excluding steroid dienone is 1. The fourth-order valence-electron chi connectivity index (χ4n) is 2.53. The van der Waals surface area contributed by atoms with Crippen LogP contribution < -0.4 is 15.4 Å². The number of rotatable bonds is 4. The summed E-state index contributed by atoms with van der Waals surface area (Å²) in [5, 5.41) is 12.4. The van der Waals surface area contributed by atoms with Crippen molar-refractivity contribution >= 4 is 23.6 Å². The van der Waals surface area contributed by atoms with Gasteiger partial charge in [-0.1, -0.05) is 32.9 Å². The molecule has 2 aromatic rings. The molecular weight excluding hydrogens is 360 g/mol. The van der Waals surface area contributed by atoms with Crippen molar-refractivity contribution in [3.8, 4) is 11.4 Å². The molecule has 0 radical (unpaired) electrons. The van der Waals surface area contributed by atoms with Crippen molar-refractivity contribution in [2.75, 3.05) is 18.2 Å². The number of hydrogen-bond acceptors (Lipinski definition) is 4. The Labute approximate surface area is 163 Å². The molecule has 1 aliphatic heterocycles. The molecule has 2 amide bonds. The average molecular weight is 385 g/mol. The number of anilines is 1. The molecule has 2 heterocycles. The second kappa shape index (κ2) is 7.92. The largest absolute Gasteiger partial charge is 0.497 e. The quantitative estimate of drug-likeness (QED) is 0.817. The highest BCUT2D eigenvalue weighted by Crippen LogP contribution is 2.27. The van der Waals surface area contributed by atoms with Gasteiger partial charge in [-0.3, -0.25) is 5.32 Å². The van der Waals surface area contributed by atoms with E-state index in [-0.39, 0.29) is 11.4 Å². The summed E-state index contributed by atoms with van der Waals surface area (Å²) < 4.78 is 7.04. The molecule has 142 valence electrons. The average Bonchev–Trinajstić information content (AvgIpc) is 3.06. The van der Waals surface area contributed by atoms with Crippen molar-refractivity contribution in [3.63, 3.8) is 0 Å². The maximum Gasteiger partial charge on any atom is 0.324 e. The Balaban J connectivity index is 1.90. The van der Waals surface area contributed by atoms with Gasteiger partial charge in [0.15, 0.2) is 0 Å². The van der Waals surface area contributed by atoms with Gasteiger partial charge >= 0.3 is 6.03 Å². The Bertz CT molecular complexity index is 894. The summed E-state index contributed by atoms with van der Waals surface area (Å²) in [6, 6.07) is 9.17. The fourth-order valence-corrected chi connectivity index (χ4v) is 3.15. The highest BCUT2D eigenvalue weighted by atomic mass is 32.2. The van der Waals surface area contributed by atoms with E-state index in [9.17, 15) is 4.79 Å². The first-order valence-corrected chi connectivity index (χ1v) is 9.73. The molecule has 7 heteroatoms. The maximum absolute atomic E-state index is 12.5. The third-order valence-electron chi connectivity index (χ3n) is 3.98. The van der Waals surface area contributed by atoms with E-state index in [0.717, 1.165) is 28.6 Å². The van der Waals surface area contributed by atoms with E-state index in [1.54, 1.807) is 23.6 Å². The summed E-state index contributed by atoms with van der Waals surface area (Å²) in [6.45, 7) is 6.26. The topological polar surface area (TPSA) is 68.2 Å². The van der Waals surface area contributed by atoms with Crippen LogP contribution in [-0.2, 0) is 5.41 Å². The smallest absolute Gasteiger partial charge is 0.324 e. The minimum Gasteiger partial charge on any atom is -0.497 e. The second-order valence-corrected chi connectivity index (χ2v) is 8.07. The molecular formula is C20H24N4O2S. The molecule has 0 saturated carbocycles. The molecule has 1 aliphatic rings. The second-order valence-electron chi connectivity index (χ2n) is 7.17. The van der Waals surface area contributed by atoms with Crippen LogP contribution in [0.15, 0.2) is 53.6 Å². The van der Waals surface area contributed by atoms with Gasteiger partial charge in [-0.05, 0) is 23.6 Å². The van der Waals surface area contributed by atoms with E-state index >= 15 is 0 Å². The summed E-state index contributed by atoms with van der Waals surface area (Å²) in [7, 11) is 1.62. The summed E-state index contributed by atoms with van der Waals surface area (Å²) in [5.74, 6) is 2.24. The molecule has 0 spiro atoms. The summed E-state index contributed by atoms with van der Waals surface area (Å²) >= 11 is 1.64. The summed E-state index contributed by atoms with van der Waals surface area (Å²) in [4.78, 5) is 12.5. The fraction of sp³-hybridized carbons (Fsp3) is 0.300. The number of benzene rings is 1. The van der Waals surface area contributed by atoms with Crippen molar-refractivity contribution < 1.29 is 9.53 Å². The number of hydrogen-bond donors (Lipinski definition) is 2. The van der Waals surface area contributed by atoms with Crippen LogP contribution >= 0.6 is 11.8 Å². The van der Waals surface area contributed by atoms with Gasteiger partial charge in [0.25, 0.3) is 0 Å². The zero-order valence-corrected chi connectivity index (χ0v) is 16.8. The lowest BCUT2D eigenvalue weighted by Crippen LogP contribution is -2.28. The van der Waals surface area contributed by atoms with Crippen molar-refractivity contribution in [3.05, 3.63) is 59.3 Å². The van der Waals surface area contributed by atoms with Gasteiger partial charge in [0, 0.05) is 29.0 Å². The number of methoxy groups -OCH3 is 1. The number of amides is 2. The van der Waals surface area contributed by atoms with Gasteiger partial charge in [0.2, 0.25) is 0 Å². The van der Waals surface area contributed by atoms with Crippen LogP contribution in [0.25, 0.3) is 5.69 Å². The molecule has 27 heavy (non-hydrogen) atoms. The minimum absolute atomic E-state index is 0.150. The first-order chi connectivity index (χ1) is 12.9. The molecule has 0 atom stereocenters. The number of nitrogens with one attached hydrogen (secondary N) is 2. The van der Waals surface area contributed by atoms with Crippen LogP contribution in [0.5, 0.6) is 5.75 Å². The Kier molecular flexibility index (Phi) is 5.60. The molecule has 0 fully saturated rings. The Morgan fingerprint density at radius 2 is 2.07 bits per heavy atom. The van der Waals surface area contributed by atoms with Crippen molar-refractivity contribution in [1.82, 2.24) is 15.1 Å². The lowest BCUT2D eigenvalue weighted by atomic mass is 9.92. The van der Waals surface area contributed by atoms with Gasteiger partial charge in [0.1, 0.15) is 11.6 Å². The van der Waals surface area contributed by atoms with Crippen molar-refractivity contribution in [2.45, 2.75) is 26.2 Å². The van der Waals surface area contributed by atoms with Crippen LogP contribution in [0, 0.1) is 0 Å². The zero-order valence-electron chi connectivity index (χ0n) is 15.9. The van der Waals surface area contributed by atoms with Gasteiger partial charge in [-0.2, -0.15) is 5.10 Å². The number of carbonyl (C=O) groups excluding carboxylic acids is 1. The molecule has 2 N–H and O–H groups in total. The monoisotopic (exact) mass is 384 g/mol. The van der Waals surface area contributed by atoms with Crippen LogP contribution in [0.1, 0.15) is 26.5 Å². The zero-order chi connectivity index (χ0) is 19.4. The van der Waals surface area contributed by atoms with Crippen LogP contribution in [0.3, 0.4) is 0 Å². The van der Waals surface area contributed by atoms with E-state index in [2.05, 4.69) is 31.4 Å². The molecule has 1 aromatic heterocycles. The standard InChI is InChI=1S/C20H24N4O2S/c1-20(2,3)17-12-18(22-19(25)21-14-7-6-10-27-13-14)24(23-17)15-8-5-9-16(11-15)26-4/h5-9,11-13H,10H2,1-4H3,(H2,21,22,25). The first kappa shape index (κ1) is 19.1. The maximum atomic E-state index is 12.5. The highest BCUT2D eigenvalue weighted by Gasteiger charge is 2.21. The number of aromatic nitrogens is 2. The summed E-state index contributed by atoms with van der Waals surface area (Å²) in [5.41, 5.74) is 2.31. The highest BCUT2D eigenvalue weighted by molar-refractivity contribution is 8.02. The number of urea groups is 1. The molecule has 1 aromatic carbocycles. The molecule has 0 bridgehead atoms. The van der Waals surface area contributed by atoms with E-state index < -0.39 is 0 Å². The SMILES string of the molecule is COc1cccc(-n2nc(C(C)(C)C)cc2NC(=O)NC2=CSCC=C2)c1. The number of thioether (sulfide) groups is 1. The first-order valence-electron chi connectivity index (χ1n) is 8.68. The van der Waals surface area contributed by atoms with Gasteiger partial charge < -0.3 is 10.1 Å². The van der Waals surface area contributed by atoms with E-state index in [0.29, 0.717) is 5.82 Å². The molecule has 0 unspecified atom stereocenters. The van der Waals surface area contributed by atoms with Gasteiger partial charge in [0.05, 0.1) is 18.5 Å². The number of nitrogens with zero attached hydrogens (tertiary/aromatic N) is 2. The lowest BCUT2D eigenvalue weighted by molar-refractivity contribution is 0.254. The Morgan fingerprint density at radius 3 is 2.74 bits per heavy atom. The van der Waals surface area contributed by atoms with Crippen LogP contribution in [0.2, 0.25) is 0 Å². The Morgan fingerprint density at radius 1 is 1.26 bits per heavy atom. The number of carbonyl (C=O) groups is 1. The van der Waals surface area contributed by atoms with Crippen LogP contribution in [0.4, 0.5) is 10.6 Å². The Hall–Kier alpha value is -2.67. The third-order valence-corrected chi connectivity index (χ3v) is 4.78. The molecule has 6 nitrogen and oxygen atoms in total. The van der Waals surface area contributed by atoms with E-state index in [1.165, 1.54) is 0 Å². The van der Waals surface area contributed by atoms with E-state index in [1.807, 2.05) is 47.9 Å². The van der Waals surface area contributed by atoms with Crippen molar-refractivity contribution in [1.29, 1.82) is 0 Å². The van der Waals surface area contributed by atoms with Crippen molar-refractivity contribution in [2.24, 2.45) is 0 Å². The predicted molar refractivity (Wildman–Crippen MR) is 111 cm³/mol. The van der Waals surface area contributed by atoms with Crippen LogP contribution in [-0.4, -0.2) is 28.7 Å². The molecule has 0 saturated heterocycles. The predicted octanol–water partition coefficient (Wildman–Crippen LogP) is 4.44. The van der Waals surface area contributed by atoms with Gasteiger partial charge in [-0.25, -0.2) is 9.48 Å². The minimum atomic E-state index is -0.307. The van der Waals surface area contributed by atoms with Gasteiger partial charge in [-0.15, -0.1) is 11.8 Å². The summed E-state index contributed by atoms with van der Waals surface area (Å²) in [6.07, 6.45) is 3.91. The molecule has 3 rings (SSSR count). The third kappa shape index (κ3) is 4.74.